The SMILES string of the molecule is O=C(O)C1CCN(Cc2cccc(F)c2Br)CC1. The molecule has 0 saturated carbocycles. The van der Waals surface area contributed by atoms with Crippen LogP contribution in [0.5, 0.6) is 0 Å². The summed E-state index contributed by atoms with van der Waals surface area (Å²) < 4.78 is 13.9. The number of likely N-dealkylation sites (tertiary alicyclic amines) is 1. The molecule has 0 bridgehead atoms. The fourth-order valence-electron chi connectivity index (χ4n) is 2.25. The number of piperidine rings is 1. The molecule has 3 nitrogen and oxygen atoms in total. The summed E-state index contributed by atoms with van der Waals surface area (Å²) in [5.74, 6) is -1.19. The van der Waals surface area contributed by atoms with Gasteiger partial charge in [-0.1, -0.05) is 12.1 Å². The van der Waals surface area contributed by atoms with Crippen molar-refractivity contribution in [3.63, 3.8) is 0 Å². The van der Waals surface area contributed by atoms with Crippen molar-refractivity contribution in [3.8, 4) is 0 Å². The standard InChI is InChI=1S/C13H15BrFNO2/c14-12-10(2-1-3-11(12)15)8-16-6-4-9(5-7-16)13(17)18/h1-3,9H,4-8H2,(H,17,18). The third-order valence-corrected chi connectivity index (χ3v) is 4.25. The predicted molar refractivity (Wildman–Crippen MR) is 69.7 cm³/mol. The van der Waals surface area contributed by atoms with Gasteiger partial charge in [0.1, 0.15) is 5.82 Å². The Morgan fingerprint density at radius 3 is 2.72 bits per heavy atom. The second-order valence-corrected chi connectivity index (χ2v) is 5.39. The minimum absolute atomic E-state index is 0.225. The number of carboxylic acids is 1. The molecule has 5 heteroatoms. The Morgan fingerprint density at radius 2 is 2.11 bits per heavy atom. The number of nitrogens with zero attached hydrogens (tertiary/aromatic N) is 1. The van der Waals surface area contributed by atoms with Crippen molar-refractivity contribution < 1.29 is 14.3 Å². The van der Waals surface area contributed by atoms with Gasteiger partial charge in [0.2, 0.25) is 0 Å². The second kappa shape index (κ2) is 5.80. The lowest BCUT2D eigenvalue weighted by molar-refractivity contribution is -0.143. The molecule has 1 fully saturated rings. The zero-order valence-corrected chi connectivity index (χ0v) is 11.5. The molecule has 0 unspecified atom stereocenters. The first-order valence-corrected chi connectivity index (χ1v) is 6.75. The Kier molecular flexibility index (Phi) is 4.35. The van der Waals surface area contributed by atoms with E-state index in [1.54, 1.807) is 6.07 Å². The quantitative estimate of drug-likeness (QED) is 0.932. The Morgan fingerprint density at radius 1 is 1.44 bits per heavy atom. The molecule has 98 valence electrons. The van der Waals surface area contributed by atoms with Gasteiger partial charge < -0.3 is 5.11 Å². The number of carbonyl (C=O) groups is 1. The summed E-state index contributed by atoms with van der Waals surface area (Å²) in [5, 5.41) is 8.92. The molecule has 1 aliphatic heterocycles. The van der Waals surface area contributed by atoms with Crippen LogP contribution >= 0.6 is 15.9 Å². The highest BCUT2D eigenvalue weighted by Crippen LogP contribution is 2.24. The molecule has 1 saturated heterocycles. The van der Waals surface area contributed by atoms with Crippen molar-refractivity contribution in [2.24, 2.45) is 5.92 Å². The number of halogens is 2. The number of rotatable bonds is 3. The van der Waals surface area contributed by atoms with Crippen LogP contribution in [0.1, 0.15) is 18.4 Å². The van der Waals surface area contributed by atoms with Crippen molar-refractivity contribution in [1.82, 2.24) is 4.90 Å². The molecule has 18 heavy (non-hydrogen) atoms. The minimum Gasteiger partial charge on any atom is -0.481 e. The number of hydrogen-bond donors (Lipinski definition) is 1. The van der Waals surface area contributed by atoms with Gasteiger partial charge in [0.15, 0.2) is 0 Å². The topological polar surface area (TPSA) is 40.5 Å². The van der Waals surface area contributed by atoms with E-state index in [0.717, 1.165) is 18.7 Å². The van der Waals surface area contributed by atoms with Gasteiger partial charge in [0, 0.05) is 6.54 Å². The van der Waals surface area contributed by atoms with Crippen LogP contribution in [0, 0.1) is 11.7 Å². The van der Waals surface area contributed by atoms with Gasteiger partial charge in [-0.05, 0) is 53.5 Å². The van der Waals surface area contributed by atoms with Gasteiger partial charge in [0.25, 0.3) is 0 Å². The van der Waals surface area contributed by atoms with Crippen molar-refractivity contribution in [3.05, 3.63) is 34.1 Å². The van der Waals surface area contributed by atoms with Gasteiger partial charge in [-0.3, -0.25) is 9.69 Å². The van der Waals surface area contributed by atoms with Crippen molar-refractivity contribution >= 4 is 21.9 Å². The summed E-state index contributed by atoms with van der Waals surface area (Å²) in [6.07, 6.45) is 1.34. The summed E-state index contributed by atoms with van der Waals surface area (Å²) in [7, 11) is 0. The van der Waals surface area contributed by atoms with E-state index in [1.807, 2.05) is 6.07 Å². The number of hydrogen-bond acceptors (Lipinski definition) is 2. The molecular weight excluding hydrogens is 301 g/mol. The predicted octanol–water partition coefficient (Wildman–Crippen LogP) is 2.88. The Balaban J connectivity index is 1.96. The first-order valence-electron chi connectivity index (χ1n) is 5.96. The smallest absolute Gasteiger partial charge is 0.306 e. The van der Waals surface area contributed by atoms with E-state index in [9.17, 15) is 9.18 Å². The number of benzene rings is 1. The van der Waals surface area contributed by atoms with E-state index in [-0.39, 0.29) is 11.7 Å². The molecule has 0 amide bonds. The van der Waals surface area contributed by atoms with Crippen molar-refractivity contribution in [1.29, 1.82) is 0 Å². The highest BCUT2D eigenvalue weighted by molar-refractivity contribution is 9.10. The molecule has 1 N–H and O–H groups in total. The van der Waals surface area contributed by atoms with Crippen LogP contribution in [0.15, 0.2) is 22.7 Å². The first-order chi connectivity index (χ1) is 8.58. The zero-order valence-electron chi connectivity index (χ0n) is 9.90. The summed E-state index contributed by atoms with van der Waals surface area (Å²) in [6, 6.07) is 5.00. The largest absolute Gasteiger partial charge is 0.481 e. The van der Waals surface area contributed by atoms with Crippen LogP contribution in [-0.2, 0) is 11.3 Å². The molecule has 0 aliphatic carbocycles. The number of carboxylic acid groups (broad SMARTS) is 1. The van der Waals surface area contributed by atoms with E-state index >= 15 is 0 Å². The summed E-state index contributed by atoms with van der Waals surface area (Å²) in [6.45, 7) is 2.16. The summed E-state index contributed by atoms with van der Waals surface area (Å²) in [5.41, 5.74) is 0.906. The van der Waals surface area contributed by atoms with Crippen LogP contribution in [0.4, 0.5) is 4.39 Å². The normalized spacial score (nSPS) is 17.9. The van der Waals surface area contributed by atoms with E-state index in [0.29, 0.717) is 23.9 Å². The van der Waals surface area contributed by atoms with Gasteiger partial charge in [0.05, 0.1) is 10.4 Å². The molecule has 0 radical (unpaired) electrons. The molecule has 1 aromatic carbocycles. The molecule has 1 aromatic rings. The maximum Gasteiger partial charge on any atom is 0.306 e. The van der Waals surface area contributed by atoms with Crippen LogP contribution < -0.4 is 0 Å². The van der Waals surface area contributed by atoms with E-state index in [4.69, 9.17) is 5.11 Å². The fraction of sp³-hybridized carbons (Fsp3) is 0.462. The average Bonchev–Trinajstić information content (AvgIpc) is 2.36. The monoisotopic (exact) mass is 315 g/mol. The Hall–Kier alpha value is -0.940. The van der Waals surface area contributed by atoms with E-state index in [2.05, 4.69) is 20.8 Å². The van der Waals surface area contributed by atoms with Crippen LogP contribution in [-0.4, -0.2) is 29.1 Å². The summed E-state index contributed by atoms with van der Waals surface area (Å²) in [4.78, 5) is 13.0. The fourth-order valence-corrected chi connectivity index (χ4v) is 2.64. The highest BCUT2D eigenvalue weighted by atomic mass is 79.9. The van der Waals surface area contributed by atoms with Crippen molar-refractivity contribution in [2.45, 2.75) is 19.4 Å². The van der Waals surface area contributed by atoms with Crippen LogP contribution in [0.2, 0.25) is 0 Å². The van der Waals surface area contributed by atoms with Gasteiger partial charge >= 0.3 is 5.97 Å². The Bertz CT molecular complexity index is 445. The lowest BCUT2D eigenvalue weighted by atomic mass is 9.97. The van der Waals surface area contributed by atoms with E-state index in [1.165, 1.54) is 6.07 Å². The van der Waals surface area contributed by atoms with Crippen molar-refractivity contribution in [2.75, 3.05) is 13.1 Å². The van der Waals surface area contributed by atoms with Gasteiger partial charge in [-0.15, -0.1) is 0 Å². The molecule has 0 spiro atoms. The first kappa shape index (κ1) is 13.5. The second-order valence-electron chi connectivity index (χ2n) is 4.60. The third-order valence-electron chi connectivity index (χ3n) is 3.36. The third kappa shape index (κ3) is 3.09. The molecule has 0 aromatic heterocycles. The highest BCUT2D eigenvalue weighted by Gasteiger charge is 2.24. The lowest BCUT2D eigenvalue weighted by Crippen LogP contribution is -2.35. The average molecular weight is 316 g/mol. The Labute approximate surface area is 114 Å². The zero-order chi connectivity index (χ0) is 13.1. The number of aliphatic carboxylic acids is 1. The maximum atomic E-state index is 13.4. The molecule has 2 rings (SSSR count). The van der Waals surface area contributed by atoms with Crippen LogP contribution in [0.3, 0.4) is 0 Å². The van der Waals surface area contributed by atoms with Crippen LogP contribution in [0.25, 0.3) is 0 Å². The molecule has 1 aliphatic rings. The lowest BCUT2D eigenvalue weighted by Gasteiger charge is -2.30. The van der Waals surface area contributed by atoms with Gasteiger partial charge in [-0.25, -0.2) is 4.39 Å². The minimum atomic E-state index is -0.707. The maximum absolute atomic E-state index is 13.4. The molecule has 0 atom stereocenters. The molecule has 1 heterocycles. The van der Waals surface area contributed by atoms with Gasteiger partial charge in [-0.2, -0.15) is 0 Å². The molecular formula is C13H15BrFNO2. The van der Waals surface area contributed by atoms with E-state index < -0.39 is 5.97 Å². The summed E-state index contributed by atoms with van der Waals surface area (Å²) >= 11 is 3.25.